The molecule has 6 atom stereocenters. The van der Waals surface area contributed by atoms with E-state index < -0.39 is 6.17 Å². The molecule has 0 radical (unpaired) electrons. The van der Waals surface area contributed by atoms with Crippen molar-refractivity contribution in [2.24, 2.45) is 5.92 Å². The minimum atomic E-state index is -0.790. The first-order chi connectivity index (χ1) is 21.4. The molecule has 1 saturated carbocycles. The summed E-state index contributed by atoms with van der Waals surface area (Å²) < 4.78 is 22.5. The van der Waals surface area contributed by atoms with Crippen LogP contribution in [-0.4, -0.2) is 82.6 Å². The van der Waals surface area contributed by atoms with Crippen LogP contribution in [0.5, 0.6) is 11.8 Å². The van der Waals surface area contributed by atoms with Crippen molar-refractivity contribution in [2.45, 2.75) is 87.7 Å². The average Bonchev–Trinajstić information content (AvgIpc) is 3.75. The molecule has 5 aliphatic heterocycles. The number of rotatable bonds is 5. The third-order valence-electron chi connectivity index (χ3n) is 11.5. The molecule has 4 saturated heterocycles. The SMILES string of the molecule is Oc1cc(N2CCc3c(nc(OC[C@]45C[C@H](F)CN4[C@H]4CCC[C@H]4C5)nc3N3CC4CCC(C3)N4)C2)c2c(Br)cccc2c1. The molecule has 44 heavy (non-hydrogen) atoms. The van der Waals surface area contributed by atoms with Gasteiger partial charge in [-0.1, -0.05) is 34.5 Å². The second-order valence-corrected chi connectivity index (χ2v) is 15.1. The summed E-state index contributed by atoms with van der Waals surface area (Å²) in [6, 6.07) is 11.7. The Labute approximate surface area is 266 Å². The lowest BCUT2D eigenvalue weighted by Gasteiger charge is -2.38. The van der Waals surface area contributed by atoms with Crippen LogP contribution in [0.4, 0.5) is 15.9 Å². The fraction of sp³-hybridized carbons (Fsp3) is 0.588. The second-order valence-electron chi connectivity index (χ2n) is 14.2. The van der Waals surface area contributed by atoms with E-state index in [1.54, 1.807) is 0 Å². The number of alkyl halides is 1. The first-order valence-electron chi connectivity index (χ1n) is 16.5. The Hall–Kier alpha value is -2.69. The standard InChI is InChI=1S/C34H40BrFN6O2/c35-27-5-1-3-20-11-25(43)12-30(31(20)27)40-10-9-26-28(18-40)38-33(39-32(26)41-16-23-7-8-24(17-41)37-23)44-19-34-13-21-4-2-6-29(21)42(34)15-22(36)14-34/h1,3,5,11-12,21-24,29,37,43H,2,4,6-10,13-19H2/t21-,22-,23?,24?,29-,34-/m0/s1. The lowest BCUT2D eigenvalue weighted by Crippen LogP contribution is -2.52. The minimum absolute atomic E-state index is 0.248. The number of aromatic nitrogens is 2. The van der Waals surface area contributed by atoms with Gasteiger partial charge in [0, 0.05) is 77.9 Å². The van der Waals surface area contributed by atoms with Crippen molar-refractivity contribution in [3.05, 3.63) is 46.1 Å². The molecule has 1 aliphatic carbocycles. The van der Waals surface area contributed by atoms with Gasteiger partial charge in [-0.15, -0.1) is 0 Å². The second kappa shape index (κ2) is 10.4. The number of halogens is 2. The molecule has 2 N–H and O–H groups in total. The van der Waals surface area contributed by atoms with E-state index in [-0.39, 0.29) is 11.3 Å². The zero-order valence-electron chi connectivity index (χ0n) is 25.0. The van der Waals surface area contributed by atoms with E-state index in [4.69, 9.17) is 14.7 Å². The number of benzene rings is 2. The van der Waals surface area contributed by atoms with Gasteiger partial charge in [-0.2, -0.15) is 9.97 Å². The quantitative estimate of drug-likeness (QED) is 0.380. The van der Waals surface area contributed by atoms with Gasteiger partial charge >= 0.3 is 6.01 Å². The van der Waals surface area contributed by atoms with Gasteiger partial charge in [-0.05, 0) is 62.0 Å². The largest absolute Gasteiger partial charge is 0.508 e. The number of fused-ring (bicyclic) bond motifs is 7. The van der Waals surface area contributed by atoms with Gasteiger partial charge in [0.2, 0.25) is 0 Å². The van der Waals surface area contributed by atoms with Gasteiger partial charge < -0.3 is 25.0 Å². The van der Waals surface area contributed by atoms with Crippen molar-refractivity contribution in [3.63, 3.8) is 0 Å². The minimum Gasteiger partial charge on any atom is -0.508 e. The van der Waals surface area contributed by atoms with Crippen LogP contribution in [-0.2, 0) is 13.0 Å². The highest BCUT2D eigenvalue weighted by atomic mass is 79.9. The zero-order valence-corrected chi connectivity index (χ0v) is 26.6. The predicted molar refractivity (Wildman–Crippen MR) is 172 cm³/mol. The van der Waals surface area contributed by atoms with Crippen molar-refractivity contribution in [3.8, 4) is 11.8 Å². The average molecular weight is 664 g/mol. The number of ether oxygens (including phenoxy) is 1. The Morgan fingerprint density at radius 1 is 1.05 bits per heavy atom. The molecule has 2 aromatic carbocycles. The highest BCUT2D eigenvalue weighted by Crippen LogP contribution is 2.52. The van der Waals surface area contributed by atoms with Gasteiger partial charge in [-0.3, -0.25) is 4.90 Å². The van der Waals surface area contributed by atoms with E-state index in [1.165, 1.54) is 37.7 Å². The summed E-state index contributed by atoms with van der Waals surface area (Å²) in [4.78, 5) is 17.4. The summed E-state index contributed by atoms with van der Waals surface area (Å²) in [5.41, 5.74) is 2.94. The van der Waals surface area contributed by atoms with Crippen molar-refractivity contribution in [2.75, 3.05) is 42.6 Å². The normalized spacial score (nSPS) is 32.7. The van der Waals surface area contributed by atoms with E-state index in [1.807, 2.05) is 24.3 Å². The monoisotopic (exact) mass is 662 g/mol. The Bertz CT molecular complexity index is 1610. The van der Waals surface area contributed by atoms with Gasteiger partial charge in [0.1, 0.15) is 24.3 Å². The van der Waals surface area contributed by atoms with Gasteiger partial charge in [-0.25, -0.2) is 4.39 Å². The molecule has 9 rings (SSSR count). The van der Waals surface area contributed by atoms with Crippen LogP contribution in [0.3, 0.4) is 0 Å². The number of hydrogen-bond acceptors (Lipinski definition) is 8. The number of hydrogen-bond donors (Lipinski definition) is 2. The summed E-state index contributed by atoms with van der Waals surface area (Å²) >= 11 is 3.76. The molecule has 6 aliphatic rings. The summed E-state index contributed by atoms with van der Waals surface area (Å²) in [6.07, 6.45) is 7.69. The number of phenolic OH excluding ortho intramolecular Hbond substituents is 1. The number of aromatic hydroxyl groups is 1. The molecule has 2 unspecified atom stereocenters. The van der Waals surface area contributed by atoms with Crippen LogP contribution in [0.2, 0.25) is 0 Å². The molecule has 2 bridgehead atoms. The number of piperazine rings is 1. The molecule has 3 aromatic rings. The number of nitrogens with one attached hydrogen (secondary N) is 1. The summed E-state index contributed by atoms with van der Waals surface area (Å²) in [6.45, 7) is 4.27. The maximum atomic E-state index is 14.9. The smallest absolute Gasteiger partial charge is 0.318 e. The molecule has 232 valence electrons. The third-order valence-corrected chi connectivity index (χ3v) is 12.2. The summed E-state index contributed by atoms with van der Waals surface area (Å²) in [5, 5.41) is 16.5. The van der Waals surface area contributed by atoms with Gasteiger partial charge in [0.15, 0.2) is 0 Å². The Morgan fingerprint density at radius 3 is 2.77 bits per heavy atom. The molecule has 8 nitrogen and oxygen atoms in total. The van der Waals surface area contributed by atoms with Crippen LogP contribution >= 0.6 is 15.9 Å². The van der Waals surface area contributed by atoms with Crippen molar-refractivity contribution < 1.29 is 14.2 Å². The van der Waals surface area contributed by atoms with Crippen molar-refractivity contribution in [1.29, 1.82) is 0 Å². The van der Waals surface area contributed by atoms with Crippen molar-refractivity contribution >= 4 is 38.2 Å². The molecular weight excluding hydrogens is 623 g/mol. The molecule has 6 heterocycles. The Morgan fingerprint density at radius 2 is 1.91 bits per heavy atom. The Balaban J connectivity index is 1.07. The van der Waals surface area contributed by atoms with Crippen molar-refractivity contribution in [1.82, 2.24) is 20.2 Å². The first-order valence-corrected chi connectivity index (χ1v) is 17.3. The van der Waals surface area contributed by atoms with Crippen LogP contribution < -0.4 is 19.9 Å². The summed E-state index contributed by atoms with van der Waals surface area (Å²) in [5.74, 6) is 1.93. The molecule has 1 aromatic heterocycles. The number of nitrogens with zero attached hydrogens (tertiary/aromatic N) is 5. The fourth-order valence-electron chi connectivity index (χ4n) is 9.73. The molecule has 10 heteroatoms. The fourth-order valence-corrected chi connectivity index (χ4v) is 10.3. The van der Waals surface area contributed by atoms with E-state index in [2.05, 4.69) is 42.0 Å². The highest BCUT2D eigenvalue weighted by Gasteiger charge is 2.58. The highest BCUT2D eigenvalue weighted by molar-refractivity contribution is 9.10. The molecule has 0 spiro atoms. The molecule has 0 amide bonds. The maximum absolute atomic E-state index is 14.9. The molecule has 5 fully saturated rings. The maximum Gasteiger partial charge on any atom is 0.318 e. The lowest BCUT2D eigenvalue weighted by atomic mass is 9.89. The number of phenols is 1. The summed E-state index contributed by atoms with van der Waals surface area (Å²) in [7, 11) is 0. The predicted octanol–water partition coefficient (Wildman–Crippen LogP) is 5.34. The number of anilines is 2. The van der Waals surface area contributed by atoms with E-state index in [0.717, 1.165) is 64.9 Å². The third kappa shape index (κ3) is 4.49. The zero-order chi connectivity index (χ0) is 29.6. The van der Waals surface area contributed by atoms with Gasteiger partial charge in [0.05, 0.1) is 17.8 Å². The van der Waals surface area contributed by atoms with Crippen LogP contribution in [0, 0.1) is 5.92 Å². The molecular formula is C34H40BrFN6O2. The van der Waals surface area contributed by atoms with Crippen LogP contribution in [0.1, 0.15) is 56.2 Å². The van der Waals surface area contributed by atoms with Gasteiger partial charge in [0.25, 0.3) is 0 Å². The van der Waals surface area contributed by atoms with E-state index >= 15 is 0 Å². The van der Waals surface area contributed by atoms with Crippen LogP contribution in [0.15, 0.2) is 34.8 Å². The van der Waals surface area contributed by atoms with Crippen LogP contribution in [0.25, 0.3) is 10.8 Å². The topological polar surface area (TPSA) is 77.0 Å². The lowest BCUT2D eigenvalue weighted by molar-refractivity contribution is 0.0829. The first kappa shape index (κ1) is 27.6. The van der Waals surface area contributed by atoms with E-state index in [0.29, 0.717) is 56.2 Å². The Kier molecular flexibility index (Phi) is 6.54. The van der Waals surface area contributed by atoms with E-state index in [9.17, 15) is 9.50 Å².